The average Bonchev–Trinajstić information content (AvgIpc) is 3.06. The van der Waals surface area contributed by atoms with Crippen LogP contribution in [0.2, 0.25) is 16.6 Å². The fraction of sp³-hybridized carbons (Fsp3) is 0.704. The summed E-state index contributed by atoms with van der Waals surface area (Å²) in [5.41, 5.74) is 4.18. The van der Waals surface area contributed by atoms with Crippen molar-refractivity contribution in [3.05, 3.63) is 29.6 Å². The number of ether oxygens (including phenoxy) is 1. The summed E-state index contributed by atoms with van der Waals surface area (Å²) in [6, 6.07) is 2.21. The molecule has 1 saturated carbocycles. The van der Waals surface area contributed by atoms with E-state index >= 15 is 0 Å². The molecule has 34 heavy (non-hydrogen) atoms. The maximum Gasteiger partial charge on any atom is 0.407 e. The van der Waals surface area contributed by atoms with Crippen LogP contribution in [0.5, 0.6) is 0 Å². The van der Waals surface area contributed by atoms with Gasteiger partial charge in [-0.1, -0.05) is 41.5 Å². The minimum atomic E-state index is -1.95. The zero-order chi connectivity index (χ0) is 25.6. The summed E-state index contributed by atoms with van der Waals surface area (Å²) in [4.78, 5) is 17.0. The van der Waals surface area contributed by atoms with Crippen LogP contribution in [0.1, 0.15) is 92.4 Å². The lowest BCUT2D eigenvalue weighted by atomic mass is 9.74. The second-order valence-electron chi connectivity index (χ2n) is 12.1. The molecule has 1 aliphatic carbocycles. The lowest BCUT2D eigenvalue weighted by Gasteiger charge is -2.44. The second kappa shape index (κ2) is 9.65. The number of nitrogens with one attached hydrogen (secondary N) is 1. The number of hydrogen-bond acceptors (Lipinski definition) is 4. The molecule has 0 spiro atoms. The molecule has 2 aromatic rings. The lowest BCUT2D eigenvalue weighted by molar-refractivity contribution is 0.0233. The smallest absolute Gasteiger partial charge is 0.407 e. The van der Waals surface area contributed by atoms with Crippen LogP contribution in [0.4, 0.5) is 4.79 Å². The summed E-state index contributed by atoms with van der Waals surface area (Å²) in [6.45, 7) is 21.7. The molecule has 1 amide bonds. The molecular weight excluding hydrogens is 442 g/mol. The summed E-state index contributed by atoms with van der Waals surface area (Å²) in [6.07, 6.45) is 4.67. The van der Waals surface area contributed by atoms with Crippen molar-refractivity contribution in [1.29, 1.82) is 0 Å². The van der Waals surface area contributed by atoms with Gasteiger partial charge in [-0.05, 0) is 86.5 Å². The van der Waals surface area contributed by atoms with Crippen LogP contribution in [-0.4, -0.2) is 40.3 Å². The number of nitrogens with zero attached hydrogens (tertiary/aromatic N) is 2. The normalized spacial score (nSPS) is 20.2. The van der Waals surface area contributed by atoms with E-state index in [1.54, 1.807) is 0 Å². The second-order valence-corrected chi connectivity index (χ2v) is 17.9. The van der Waals surface area contributed by atoms with E-state index in [0.717, 1.165) is 35.0 Å². The number of carbonyl (C=O) groups is 1. The molecule has 1 fully saturated rings. The van der Waals surface area contributed by atoms with E-state index in [9.17, 15) is 9.90 Å². The predicted octanol–water partition coefficient (Wildman–Crippen LogP) is 6.71. The summed E-state index contributed by atoms with van der Waals surface area (Å²) in [5, 5.41) is 15.4. The van der Waals surface area contributed by atoms with Crippen molar-refractivity contribution in [2.45, 2.75) is 116 Å². The third-order valence-electron chi connectivity index (χ3n) is 7.78. The van der Waals surface area contributed by atoms with Gasteiger partial charge < -0.3 is 19.4 Å². The number of aromatic nitrogens is 2. The first kappa shape index (κ1) is 26.7. The number of aryl methyl sites for hydroxylation is 1. The van der Waals surface area contributed by atoms with Crippen molar-refractivity contribution < 1.29 is 14.6 Å². The van der Waals surface area contributed by atoms with E-state index in [2.05, 4.69) is 63.4 Å². The Morgan fingerprint density at radius 3 is 2.21 bits per heavy atom. The zero-order valence-electron chi connectivity index (χ0n) is 22.8. The fourth-order valence-electron chi connectivity index (χ4n) is 6.49. The zero-order valence-corrected chi connectivity index (χ0v) is 23.8. The molecule has 1 atom stereocenters. The summed E-state index contributed by atoms with van der Waals surface area (Å²) in [7, 11) is -1.95. The highest BCUT2D eigenvalue weighted by Gasteiger charge is 2.46. The first-order chi connectivity index (χ1) is 15.7. The van der Waals surface area contributed by atoms with Crippen molar-refractivity contribution in [2.75, 3.05) is 0 Å². The Kier molecular flexibility index (Phi) is 7.59. The Labute approximate surface area is 206 Å². The highest BCUT2D eigenvalue weighted by Crippen LogP contribution is 2.46. The van der Waals surface area contributed by atoms with Crippen LogP contribution in [0.3, 0.4) is 0 Å². The number of hydrogen-bond donors (Lipinski definition) is 2. The molecule has 1 aliphatic rings. The van der Waals surface area contributed by atoms with Gasteiger partial charge in [0.1, 0.15) is 11.2 Å². The molecule has 2 N–H and O–H groups in total. The Morgan fingerprint density at radius 1 is 1.15 bits per heavy atom. The Hall–Kier alpha value is -1.86. The van der Waals surface area contributed by atoms with E-state index in [4.69, 9.17) is 9.72 Å². The number of amides is 1. The number of rotatable bonds is 7. The van der Waals surface area contributed by atoms with Gasteiger partial charge in [-0.3, -0.25) is 0 Å². The molecule has 2 aromatic heterocycles. The number of aliphatic hydroxyl groups is 1. The third kappa shape index (κ3) is 4.78. The maximum absolute atomic E-state index is 12.1. The van der Waals surface area contributed by atoms with Gasteiger partial charge in [0.05, 0.1) is 6.10 Å². The molecule has 0 aliphatic heterocycles. The molecule has 6 nitrogen and oxygen atoms in total. The van der Waals surface area contributed by atoms with Crippen molar-refractivity contribution in [1.82, 2.24) is 14.5 Å². The standard InChI is InChI=1S/C27H45N3O3Si/c1-16(2)34(17(3)4,18(5)6)30-12-11-22-23(19(7)15-28-25(22)30)24(31)20-13-21(14-20)29-26(32)33-27(8,9)10/h11-12,15-18,20-21,24,31H,13-14H2,1-10H3,(H,29,32). The largest absolute Gasteiger partial charge is 0.444 e. The third-order valence-corrected chi connectivity index (χ3v) is 14.5. The van der Waals surface area contributed by atoms with Crippen LogP contribution >= 0.6 is 0 Å². The summed E-state index contributed by atoms with van der Waals surface area (Å²) < 4.78 is 7.88. The Morgan fingerprint density at radius 2 is 1.71 bits per heavy atom. The van der Waals surface area contributed by atoms with Gasteiger partial charge in [0.25, 0.3) is 0 Å². The fourth-order valence-corrected chi connectivity index (χ4v) is 13.0. The quantitative estimate of drug-likeness (QED) is 0.426. The Bertz CT molecular complexity index is 994. The molecule has 2 heterocycles. The molecule has 190 valence electrons. The van der Waals surface area contributed by atoms with Crippen LogP contribution < -0.4 is 5.32 Å². The van der Waals surface area contributed by atoms with E-state index in [-0.39, 0.29) is 18.1 Å². The minimum absolute atomic E-state index is 0.0413. The number of fused-ring (bicyclic) bond motifs is 1. The molecule has 1 unspecified atom stereocenters. The van der Waals surface area contributed by atoms with E-state index in [0.29, 0.717) is 16.6 Å². The summed E-state index contributed by atoms with van der Waals surface area (Å²) in [5.74, 6) is 0.106. The van der Waals surface area contributed by atoms with Crippen LogP contribution in [0.15, 0.2) is 18.5 Å². The van der Waals surface area contributed by atoms with Crippen molar-refractivity contribution in [2.24, 2.45) is 5.92 Å². The van der Waals surface area contributed by atoms with Crippen molar-refractivity contribution in [3.8, 4) is 0 Å². The molecule has 0 aromatic carbocycles. The molecule has 3 rings (SSSR count). The number of aliphatic hydroxyl groups excluding tert-OH is 1. The van der Waals surface area contributed by atoms with Crippen molar-refractivity contribution in [3.63, 3.8) is 0 Å². The van der Waals surface area contributed by atoms with Crippen LogP contribution in [0, 0.1) is 12.8 Å². The van der Waals surface area contributed by atoms with E-state index < -0.39 is 19.9 Å². The lowest BCUT2D eigenvalue weighted by Crippen LogP contribution is -2.51. The first-order valence-corrected chi connectivity index (χ1v) is 15.0. The number of carbonyl (C=O) groups excluding carboxylic acids is 1. The monoisotopic (exact) mass is 487 g/mol. The minimum Gasteiger partial charge on any atom is -0.444 e. The van der Waals surface area contributed by atoms with Gasteiger partial charge >= 0.3 is 6.09 Å². The van der Waals surface area contributed by atoms with Gasteiger partial charge in [-0.15, -0.1) is 0 Å². The first-order valence-electron chi connectivity index (χ1n) is 12.8. The maximum atomic E-state index is 12.1. The molecule has 7 heteroatoms. The van der Waals surface area contributed by atoms with E-state index in [1.807, 2.05) is 33.9 Å². The van der Waals surface area contributed by atoms with Gasteiger partial charge in [0.2, 0.25) is 0 Å². The summed E-state index contributed by atoms with van der Waals surface area (Å²) >= 11 is 0. The van der Waals surface area contributed by atoms with Gasteiger partial charge in [-0.2, -0.15) is 0 Å². The molecular formula is C27H45N3O3Si. The van der Waals surface area contributed by atoms with Gasteiger partial charge in [0.15, 0.2) is 8.24 Å². The predicted molar refractivity (Wildman–Crippen MR) is 142 cm³/mol. The Balaban J connectivity index is 1.88. The van der Waals surface area contributed by atoms with E-state index in [1.165, 1.54) is 0 Å². The number of pyridine rings is 1. The number of alkyl carbamates (subject to hydrolysis) is 1. The van der Waals surface area contributed by atoms with Crippen LogP contribution in [0.25, 0.3) is 11.0 Å². The average molecular weight is 488 g/mol. The molecule has 0 saturated heterocycles. The highest BCUT2D eigenvalue weighted by atomic mass is 28.3. The van der Waals surface area contributed by atoms with Gasteiger partial charge in [-0.25, -0.2) is 9.78 Å². The van der Waals surface area contributed by atoms with Crippen molar-refractivity contribution >= 4 is 25.4 Å². The van der Waals surface area contributed by atoms with Crippen LogP contribution in [-0.2, 0) is 4.74 Å². The highest BCUT2D eigenvalue weighted by molar-refractivity contribution is 6.82. The molecule has 0 radical (unpaired) electrons. The molecule has 0 bridgehead atoms. The topological polar surface area (TPSA) is 76.4 Å². The SMILES string of the molecule is Cc1cnc2c(ccn2[Si](C(C)C)(C(C)C)C(C)C)c1C(O)C1CC(NC(=O)OC(C)(C)C)C1. The van der Waals surface area contributed by atoms with Gasteiger partial charge in [0, 0.05) is 17.6 Å².